The van der Waals surface area contributed by atoms with Gasteiger partial charge in [-0.05, 0) is 36.8 Å². The van der Waals surface area contributed by atoms with Crippen molar-refractivity contribution in [3.05, 3.63) is 29.8 Å². The van der Waals surface area contributed by atoms with E-state index < -0.39 is 0 Å². The van der Waals surface area contributed by atoms with Gasteiger partial charge in [0, 0.05) is 10.9 Å². The van der Waals surface area contributed by atoms with Crippen molar-refractivity contribution in [2.24, 2.45) is 5.92 Å². The van der Waals surface area contributed by atoms with Crippen molar-refractivity contribution in [2.75, 3.05) is 12.8 Å². The fourth-order valence-electron chi connectivity index (χ4n) is 3.28. The van der Waals surface area contributed by atoms with Crippen LogP contribution in [0.2, 0.25) is 0 Å². The van der Waals surface area contributed by atoms with Crippen molar-refractivity contribution in [3.63, 3.8) is 0 Å². The van der Waals surface area contributed by atoms with Gasteiger partial charge in [-0.2, -0.15) is 0 Å². The maximum Gasteiger partial charge on any atom is 0.0333 e. The van der Waals surface area contributed by atoms with E-state index in [0.717, 1.165) is 12.5 Å². The maximum absolute atomic E-state index is 3.71. The van der Waals surface area contributed by atoms with E-state index in [-0.39, 0.29) is 0 Å². The van der Waals surface area contributed by atoms with Gasteiger partial charge in [0.25, 0.3) is 0 Å². The smallest absolute Gasteiger partial charge is 0.0333 e. The summed E-state index contributed by atoms with van der Waals surface area (Å²) in [5, 5.41) is 3.71. The molecule has 106 valence electrons. The van der Waals surface area contributed by atoms with Crippen molar-refractivity contribution in [1.82, 2.24) is 5.32 Å². The Morgan fingerprint density at radius 1 is 1.21 bits per heavy atom. The molecule has 0 radical (unpaired) electrons. The minimum absolute atomic E-state index is 0.539. The molecule has 0 amide bonds. The van der Waals surface area contributed by atoms with Crippen LogP contribution in [0.3, 0.4) is 0 Å². The summed E-state index contributed by atoms with van der Waals surface area (Å²) in [6.07, 6.45) is 10.7. The van der Waals surface area contributed by atoms with E-state index in [0.29, 0.717) is 6.04 Å². The summed E-state index contributed by atoms with van der Waals surface area (Å²) in [7, 11) is 0. The van der Waals surface area contributed by atoms with Crippen molar-refractivity contribution in [1.29, 1.82) is 0 Å². The molecule has 0 spiro atoms. The lowest BCUT2D eigenvalue weighted by Crippen LogP contribution is -2.24. The zero-order chi connectivity index (χ0) is 13.5. The number of thioether (sulfide) groups is 1. The summed E-state index contributed by atoms with van der Waals surface area (Å²) in [6.45, 7) is 3.27. The van der Waals surface area contributed by atoms with Crippen molar-refractivity contribution >= 4 is 11.8 Å². The van der Waals surface area contributed by atoms with Crippen LogP contribution >= 0.6 is 11.8 Å². The molecule has 1 aromatic carbocycles. The lowest BCUT2D eigenvalue weighted by atomic mass is 9.83. The van der Waals surface area contributed by atoms with Gasteiger partial charge in [-0.15, -0.1) is 11.8 Å². The van der Waals surface area contributed by atoms with Crippen molar-refractivity contribution in [3.8, 4) is 0 Å². The summed E-state index contributed by atoms with van der Waals surface area (Å²) in [5.41, 5.74) is 1.50. The van der Waals surface area contributed by atoms with Crippen molar-refractivity contribution in [2.45, 2.75) is 56.4 Å². The highest BCUT2D eigenvalue weighted by Crippen LogP contribution is 2.34. The molecule has 0 saturated heterocycles. The van der Waals surface area contributed by atoms with E-state index in [2.05, 4.69) is 42.8 Å². The number of rotatable bonds is 6. The topological polar surface area (TPSA) is 12.0 Å². The van der Waals surface area contributed by atoms with E-state index in [1.807, 2.05) is 11.8 Å². The Hall–Kier alpha value is -0.470. The Labute approximate surface area is 122 Å². The quantitative estimate of drug-likeness (QED) is 0.732. The first-order valence-electron chi connectivity index (χ1n) is 7.71. The van der Waals surface area contributed by atoms with Crippen LogP contribution in [0.15, 0.2) is 29.2 Å². The Bertz CT molecular complexity index is 371. The average Bonchev–Trinajstić information content (AvgIpc) is 2.48. The summed E-state index contributed by atoms with van der Waals surface area (Å²) >= 11 is 1.87. The van der Waals surface area contributed by atoms with Gasteiger partial charge in [-0.25, -0.2) is 0 Å². The molecule has 1 N–H and O–H groups in total. The van der Waals surface area contributed by atoms with Gasteiger partial charge in [-0.1, -0.05) is 57.2 Å². The molecule has 0 bridgehead atoms. The van der Waals surface area contributed by atoms with E-state index in [4.69, 9.17) is 0 Å². The molecular formula is C17H27NS. The summed E-state index contributed by atoms with van der Waals surface area (Å²) in [5.74, 6) is 0.924. The maximum atomic E-state index is 3.71. The second-order valence-electron chi connectivity index (χ2n) is 5.59. The second-order valence-corrected chi connectivity index (χ2v) is 6.44. The minimum atomic E-state index is 0.539. The third-order valence-corrected chi connectivity index (χ3v) is 5.07. The third-order valence-electron chi connectivity index (χ3n) is 4.26. The first-order valence-corrected chi connectivity index (χ1v) is 8.94. The highest BCUT2D eigenvalue weighted by molar-refractivity contribution is 7.98. The van der Waals surface area contributed by atoms with Crippen LogP contribution in [0.25, 0.3) is 0 Å². The van der Waals surface area contributed by atoms with E-state index in [1.54, 1.807) is 0 Å². The first-order chi connectivity index (χ1) is 9.35. The fourth-order valence-corrected chi connectivity index (χ4v) is 3.94. The molecular weight excluding hydrogens is 250 g/mol. The molecule has 1 aliphatic rings. The molecule has 2 heteroatoms. The van der Waals surface area contributed by atoms with Gasteiger partial charge < -0.3 is 5.32 Å². The highest BCUT2D eigenvalue weighted by atomic mass is 32.2. The van der Waals surface area contributed by atoms with Gasteiger partial charge in [-0.3, -0.25) is 0 Å². The SMILES string of the molecule is CCNC(CC1CCCCC1)c1ccccc1SC. The van der Waals surface area contributed by atoms with E-state index >= 15 is 0 Å². The molecule has 2 rings (SSSR count). The Kier molecular flexibility index (Phi) is 6.25. The van der Waals surface area contributed by atoms with Gasteiger partial charge in [0.05, 0.1) is 0 Å². The van der Waals surface area contributed by atoms with E-state index in [9.17, 15) is 0 Å². The number of hydrogen-bond acceptors (Lipinski definition) is 2. The molecule has 1 aliphatic carbocycles. The van der Waals surface area contributed by atoms with Gasteiger partial charge >= 0.3 is 0 Å². The van der Waals surface area contributed by atoms with Crippen LogP contribution in [-0.2, 0) is 0 Å². The van der Waals surface area contributed by atoms with Crippen LogP contribution in [0, 0.1) is 5.92 Å². The van der Waals surface area contributed by atoms with Crippen LogP contribution in [0.5, 0.6) is 0 Å². The molecule has 1 saturated carbocycles. The lowest BCUT2D eigenvalue weighted by Gasteiger charge is -2.28. The molecule has 1 aromatic rings. The zero-order valence-corrected chi connectivity index (χ0v) is 13.1. The van der Waals surface area contributed by atoms with Crippen LogP contribution in [0.4, 0.5) is 0 Å². The van der Waals surface area contributed by atoms with Gasteiger partial charge in [0.15, 0.2) is 0 Å². The summed E-state index contributed by atoms with van der Waals surface area (Å²) in [4.78, 5) is 1.43. The van der Waals surface area contributed by atoms with Crippen LogP contribution < -0.4 is 5.32 Å². The fraction of sp³-hybridized carbons (Fsp3) is 0.647. The Morgan fingerprint density at radius 3 is 2.63 bits per heavy atom. The summed E-state index contributed by atoms with van der Waals surface area (Å²) < 4.78 is 0. The normalized spacial score (nSPS) is 18.4. The Balaban J connectivity index is 2.09. The molecule has 1 fully saturated rings. The number of benzene rings is 1. The number of hydrogen-bond donors (Lipinski definition) is 1. The second kappa shape index (κ2) is 7.96. The molecule has 0 aromatic heterocycles. The monoisotopic (exact) mass is 277 g/mol. The van der Waals surface area contributed by atoms with Crippen molar-refractivity contribution < 1.29 is 0 Å². The molecule has 1 atom stereocenters. The molecule has 1 nitrogen and oxygen atoms in total. The first kappa shape index (κ1) is 14.9. The predicted molar refractivity (Wildman–Crippen MR) is 85.8 cm³/mol. The predicted octanol–water partition coefficient (Wildman–Crippen LogP) is 5.03. The largest absolute Gasteiger partial charge is 0.310 e. The molecule has 0 aliphatic heterocycles. The van der Waals surface area contributed by atoms with Gasteiger partial charge in [0.1, 0.15) is 0 Å². The third kappa shape index (κ3) is 4.25. The Morgan fingerprint density at radius 2 is 1.95 bits per heavy atom. The zero-order valence-electron chi connectivity index (χ0n) is 12.3. The average molecular weight is 277 g/mol. The minimum Gasteiger partial charge on any atom is -0.310 e. The molecule has 19 heavy (non-hydrogen) atoms. The molecule has 0 heterocycles. The van der Waals surface area contributed by atoms with Gasteiger partial charge in [0.2, 0.25) is 0 Å². The summed E-state index contributed by atoms with van der Waals surface area (Å²) in [6, 6.07) is 9.43. The van der Waals surface area contributed by atoms with E-state index in [1.165, 1.54) is 49.0 Å². The van der Waals surface area contributed by atoms with Crippen LogP contribution in [-0.4, -0.2) is 12.8 Å². The molecule has 1 unspecified atom stereocenters. The number of nitrogens with one attached hydrogen (secondary N) is 1. The lowest BCUT2D eigenvalue weighted by molar-refractivity contribution is 0.300. The highest BCUT2D eigenvalue weighted by Gasteiger charge is 2.21. The standard InChI is InChI=1S/C17H27NS/c1-3-18-16(13-14-9-5-4-6-10-14)15-11-7-8-12-17(15)19-2/h7-8,11-12,14,16,18H,3-6,9-10,13H2,1-2H3. The van der Waals surface area contributed by atoms with Crippen LogP contribution in [0.1, 0.15) is 57.1 Å².